The molecule has 0 saturated carbocycles. The van der Waals surface area contributed by atoms with Crippen molar-refractivity contribution < 1.29 is 0 Å². The Kier molecular flexibility index (Phi) is 3.28. The zero-order chi connectivity index (χ0) is 12.4. The summed E-state index contributed by atoms with van der Waals surface area (Å²) >= 11 is 1.61. The number of aromatic nitrogens is 2. The van der Waals surface area contributed by atoms with Crippen molar-refractivity contribution in [2.75, 3.05) is 0 Å². The Balaban J connectivity index is 2.39. The minimum atomic E-state index is -0.334. The predicted molar refractivity (Wildman–Crippen MR) is 68.8 cm³/mol. The quantitative estimate of drug-likeness (QED) is 0.902. The summed E-state index contributed by atoms with van der Waals surface area (Å²) in [5, 5.41) is 1.97. The molecule has 0 aromatic carbocycles. The molecule has 0 fully saturated rings. The van der Waals surface area contributed by atoms with Crippen LogP contribution in [0.5, 0.6) is 0 Å². The maximum absolute atomic E-state index is 11.8. The maximum atomic E-state index is 11.8. The standard InChI is InChI=1S/C12H14N2O2S/c1-8(2)14-11(15)7-9(13-12(14)16)6-10-4-3-5-17-10/h3-5,7-8H,6H2,1-2H3,(H,13,16). The summed E-state index contributed by atoms with van der Waals surface area (Å²) in [6.45, 7) is 3.63. The number of nitrogens with one attached hydrogen (secondary N) is 1. The number of aromatic amines is 1. The van der Waals surface area contributed by atoms with Crippen LogP contribution < -0.4 is 11.2 Å². The van der Waals surface area contributed by atoms with Gasteiger partial charge in [0.2, 0.25) is 0 Å². The van der Waals surface area contributed by atoms with Crippen LogP contribution in [0.1, 0.15) is 30.5 Å². The van der Waals surface area contributed by atoms with E-state index in [-0.39, 0.29) is 17.3 Å². The zero-order valence-electron chi connectivity index (χ0n) is 9.77. The lowest BCUT2D eigenvalue weighted by atomic mass is 10.2. The lowest BCUT2D eigenvalue weighted by Gasteiger charge is -2.08. The Morgan fingerprint density at radius 2 is 2.18 bits per heavy atom. The minimum absolute atomic E-state index is 0.123. The Hall–Kier alpha value is -1.62. The van der Waals surface area contributed by atoms with Crippen LogP contribution in [0, 0.1) is 0 Å². The first-order valence-electron chi connectivity index (χ1n) is 5.45. The van der Waals surface area contributed by atoms with Crippen molar-refractivity contribution in [3.05, 3.63) is 55.0 Å². The molecular weight excluding hydrogens is 236 g/mol. The van der Waals surface area contributed by atoms with Gasteiger partial charge in [-0.05, 0) is 25.3 Å². The van der Waals surface area contributed by atoms with Crippen molar-refractivity contribution in [3.8, 4) is 0 Å². The molecule has 1 N–H and O–H groups in total. The van der Waals surface area contributed by atoms with Crippen molar-refractivity contribution in [2.45, 2.75) is 26.3 Å². The average molecular weight is 250 g/mol. The largest absolute Gasteiger partial charge is 0.328 e. The van der Waals surface area contributed by atoms with Gasteiger partial charge >= 0.3 is 5.69 Å². The van der Waals surface area contributed by atoms with Gasteiger partial charge in [-0.3, -0.25) is 9.36 Å². The van der Waals surface area contributed by atoms with Crippen LogP contribution in [-0.2, 0) is 6.42 Å². The SMILES string of the molecule is CC(C)n1c(=O)cc(Cc2cccs2)[nH]c1=O. The fourth-order valence-corrected chi connectivity index (χ4v) is 2.47. The number of thiophene rings is 1. The Labute approximate surface area is 103 Å². The maximum Gasteiger partial charge on any atom is 0.328 e. The third-order valence-corrected chi connectivity index (χ3v) is 3.36. The van der Waals surface area contributed by atoms with Gasteiger partial charge in [-0.2, -0.15) is 0 Å². The van der Waals surface area contributed by atoms with E-state index in [4.69, 9.17) is 0 Å². The normalized spacial score (nSPS) is 11.0. The van der Waals surface area contributed by atoms with E-state index in [1.54, 1.807) is 11.3 Å². The predicted octanol–water partition coefficient (Wildman–Crippen LogP) is 1.77. The van der Waals surface area contributed by atoms with Crippen LogP contribution in [0.2, 0.25) is 0 Å². The molecule has 0 unspecified atom stereocenters. The fraction of sp³-hybridized carbons (Fsp3) is 0.333. The smallest absolute Gasteiger partial charge is 0.311 e. The number of nitrogens with zero attached hydrogens (tertiary/aromatic N) is 1. The molecule has 4 nitrogen and oxygen atoms in total. The summed E-state index contributed by atoms with van der Waals surface area (Å²) in [6, 6.07) is 5.31. The van der Waals surface area contributed by atoms with Gasteiger partial charge in [0.15, 0.2) is 0 Å². The van der Waals surface area contributed by atoms with E-state index in [0.29, 0.717) is 12.1 Å². The third kappa shape index (κ3) is 2.55. The molecule has 2 aromatic heterocycles. The van der Waals surface area contributed by atoms with Gasteiger partial charge in [0.1, 0.15) is 0 Å². The lowest BCUT2D eigenvalue weighted by Crippen LogP contribution is -2.36. The van der Waals surface area contributed by atoms with Gasteiger partial charge in [-0.15, -0.1) is 11.3 Å². The van der Waals surface area contributed by atoms with Crippen LogP contribution in [0.25, 0.3) is 0 Å². The van der Waals surface area contributed by atoms with Crippen molar-refractivity contribution in [3.63, 3.8) is 0 Å². The topological polar surface area (TPSA) is 54.9 Å². The highest BCUT2D eigenvalue weighted by atomic mass is 32.1. The summed E-state index contributed by atoms with van der Waals surface area (Å²) in [5.41, 5.74) is 0.0914. The van der Waals surface area contributed by atoms with E-state index >= 15 is 0 Å². The van der Waals surface area contributed by atoms with Gasteiger partial charge in [0.25, 0.3) is 5.56 Å². The van der Waals surface area contributed by atoms with Crippen LogP contribution in [0.3, 0.4) is 0 Å². The Bertz CT molecular complexity index is 577. The fourth-order valence-electron chi connectivity index (χ4n) is 1.74. The van der Waals surface area contributed by atoms with Crippen molar-refractivity contribution in [1.82, 2.24) is 9.55 Å². The van der Waals surface area contributed by atoms with E-state index in [1.165, 1.54) is 10.6 Å². The molecule has 17 heavy (non-hydrogen) atoms. The highest BCUT2D eigenvalue weighted by Gasteiger charge is 2.07. The molecule has 0 aliphatic carbocycles. The van der Waals surface area contributed by atoms with Crippen LogP contribution in [0.15, 0.2) is 33.2 Å². The molecule has 5 heteroatoms. The molecule has 2 heterocycles. The molecule has 0 aliphatic rings. The van der Waals surface area contributed by atoms with E-state index < -0.39 is 0 Å². The molecule has 0 atom stereocenters. The summed E-state index contributed by atoms with van der Waals surface area (Å²) in [5.74, 6) is 0. The summed E-state index contributed by atoms with van der Waals surface area (Å²) in [7, 11) is 0. The first-order valence-corrected chi connectivity index (χ1v) is 6.33. The van der Waals surface area contributed by atoms with Crippen LogP contribution in [0.4, 0.5) is 0 Å². The average Bonchev–Trinajstić information content (AvgIpc) is 2.68. The first-order chi connectivity index (χ1) is 8.08. The second kappa shape index (κ2) is 4.71. The molecular formula is C12H14N2O2S. The highest BCUT2D eigenvalue weighted by molar-refractivity contribution is 7.09. The molecule has 0 amide bonds. The number of hydrogen-bond acceptors (Lipinski definition) is 3. The molecule has 0 bridgehead atoms. The van der Waals surface area contributed by atoms with E-state index in [1.807, 2.05) is 31.4 Å². The molecule has 90 valence electrons. The Morgan fingerprint density at radius 3 is 2.71 bits per heavy atom. The van der Waals surface area contributed by atoms with E-state index in [0.717, 1.165) is 4.88 Å². The highest BCUT2D eigenvalue weighted by Crippen LogP contribution is 2.11. The van der Waals surface area contributed by atoms with Gasteiger partial charge in [0.05, 0.1) is 0 Å². The molecule has 2 rings (SSSR count). The van der Waals surface area contributed by atoms with Crippen LogP contribution >= 0.6 is 11.3 Å². The van der Waals surface area contributed by atoms with E-state index in [9.17, 15) is 9.59 Å². The molecule has 2 aromatic rings. The summed E-state index contributed by atoms with van der Waals surface area (Å²) in [6.07, 6.45) is 0.598. The monoisotopic (exact) mass is 250 g/mol. The van der Waals surface area contributed by atoms with Crippen molar-refractivity contribution in [1.29, 1.82) is 0 Å². The first kappa shape index (κ1) is 11.9. The Morgan fingerprint density at radius 1 is 1.41 bits per heavy atom. The molecule has 0 saturated heterocycles. The third-order valence-electron chi connectivity index (χ3n) is 2.48. The van der Waals surface area contributed by atoms with Crippen molar-refractivity contribution >= 4 is 11.3 Å². The number of H-pyrrole nitrogens is 1. The lowest BCUT2D eigenvalue weighted by molar-refractivity contribution is 0.542. The van der Waals surface area contributed by atoms with Crippen LogP contribution in [-0.4, -0.2) is 9.55 Å². The van der Waals surface area contributed by atoms with Crippen molar-refractivity contribution in [2.24, 2.45) is 0 Å². The molecule has 0 spiro atoms. The van der Waals surface area contributed by atoms with E-state index in [2.05, 4.69) is 4.98 Å². The zero-order valence-corrected chi connectivity index (χ0v) is 10.6. The summed E-state index contributed by atoms with van der Waals surface area (Å²) < 4.78 is 1.22. The molecule has 0 radical (unpaired) electrons. The second-order valence-corrected chi connectivity index (χ2v) is 5.19. The minimum Gasteiger partial charge on any atom is -0.311 e. The number of hydrogen-bond donors (Lipinski definition) is 1. The van der Waals surface area contributed by atoms with Gasteiger partial charge in [-0.1, -0.05) is 6.07 Å². The second-order valence-electron chi connectivity index (χ2n) is 4.16. The summed E-state index contributed by atoms with van der Waals surface area (Å²) in [4.78, 5) is 27.4. The number of rotatable bonds is 3. The van der Waals surface area contributed by atoms with Gasteiger partial charge < -0.3 is 4.98 Å². The van der Waals surface area contributed by atoms with Gasteiger partial charge in [0, 0.05) is 29.1 Å². The van der Waals surface area contributed by atoms with Gasteiger partial charge in [-0.25, -0.2) is 4.79 Å². The molecule has 0 aliphatic heterocycles.